The zero-order valence-electron chi connectivity index (χ0n) is 12.2. The highest BCUT2D eigenvalue weighted by Crippen LogP contribution is 2.19. The normalized spacial score (nSPS) is 22.0. The maximum atomic E-state index is 12.3. The SMILES string of the molecule is O=C(O)C[C@@H]1CC[C@H](NC(=O)/C(=N/CO)c2cccs2)B(O)O1. The predicted octanol–water partition coefficient (Wildman–Crippen LogP) is -0.355. The van der Waals surface area contributed by atoms with Crippen molar-refractivity contribution in [3.63, 3.8) is 0 Å². The summed E-state index contributed by atoms with van der Waals surface area (Å²) < 4.78 is 5.21. The third-order valence-electron chi connectivity index (χ3n) is 3.39. The Morgan fingerprint density at radius 1 is 1.48 bits per heavy atom. The predicted molar refractivity (Wildman–Crippen MR) is 84.2 cm³/mol. The van der Waals surface area contributed by atoms with Gasteiger partial charge in [0.2, 0.25) is 0 Å². The Hall–Kier alpha value is -1.75. The molecule has 4 N–H and O–H groups in total. The van der Waals surface area contributed by atoms with Crippen LogP contribution >= 0.6 is 11.3 Å². The van der Waals surface area contributed by atoms with Crippen molar-refractivity contribution in [3.05, 3.63) is 22.4 Å². The van der Waals surface area contributed by atoms with Crippen molar-refractivity contribution in [2.75, 3.05) is 6.73 Å². The van der Waals surface area contributed by atoms with E-state index in [4.69, 9.17) is 14.9 Å². The quantitative estimate of drug-likeness (QED) is 0.414. The van der Waals surface area contributed by atoms with Gasteiger partial charge in [-0.15, -0.1) is 11.3 Å². The smallest absolute Gasteiger partial charge is 0.478 e. The molecule has 0 aliphatic carbocycles. The van der Waals surface area contributed by atoms with Gasteiger partial charge in [-0.05, 0) is 24.3 Å². The number of carbonyl (C=O) groups is 2. The maximum Gasteiger partial charge on any atom is 0.478 e. The summed E-state index contributed by atoms with van der Waals surface area (Å²) in [5, 5.41) is 32.0. The Balaban J connectivity index is 1.97. The Morgan fingerprint density at radius 3 is 2.83 bits per heavy atom. The standard InChI is InChI=1S/C13H17BN2O6S/c17-7-15-12(9-2-1-5-23-9)13(20)16-10-4-3-8(6-11(18)19)22-14(10)21/h1-2,5,8,10,17,21H,3-4,6-7H2,(H,16,20)(H,18,19)/b15-12+/t8-,10-/m0/s1. The zero-order chi connectivity index (χ0) is 16.8. The lowest BCUT2D eigenvalue weighted by atomic mass is 9.72. The zero-order valence-corrected chi connectivity index (χ0v) is 13.0. The van der Waals surface area contributed by atoms with E-state index in [0.717, 1.165) is 0 Å². The number of amides is 1. The first-order valence-corrected chi connectivity index (χ1v) is 7.94. The van der Waals surface area contributed by atoms with Crippen LogP contribution in [-0.2, 0) is 14.2 Å². The number of carboxylic acid groups (broad SMARTS) is 1. The van der Waals surface area contributed by atoms with E-state index in [-0.39, 0.29) is 12.1 Å². The summed E-state index contributed by atoms with van der Waals surface area (Å²) in [6.07, 6.45) is 0.0459. The molecule has 10 heteroatoms. The minimum atomic E-state index is -1.28. The first kappa shape index (κ1) is 17.6. The number of aliphatic hydroxyl groups is 1. The number of carboxylic acids is 1. The number of nitrogens with zero attached hydrogens (tertiary/aromatic N) is 1. The number of aliphatic carboxylic acids is 1. The van der Waals surface area contributed by atoms with E-state index >= 15 is 0 Å². The van der Waals surface area contributed by atoms with Crippen LogP contribution in [0.25, 0.3) is 0 Å². The van der Waals surface area contributed by atoms with Gasteiger partial charge in [-0.3, -0.25) is 14.6 Å². The Bertz CT molecular complexity index is 579. The highest BCUT2D eigenvalue weighted by Gasteiger charge is 2.37. The fraction of sp³-hybridized carbons (Fsp3) is 0.462. The molecule has 23 heavy (non-hydrogen) atoms. The number of carbonyl (C=O) groups excluding carboxylic acids is 1. The van der Waals surface area contributed by atoms with Gasteiger partial charge in [0.1, 0.15) is 12.4 Å². The molecule has 8 nitrogen and oxygen atoms in total. The van der Waals surface area contributed by atoms with Crippen LogP contribution in [0.5, 0.6) is 0 Å². The molecule has 1 aromatic rings. The molecule has 1 saturated heterocycles. The van der Waals surface area contributed by atoms with Gasteiger partial charge in [-0.2, -0.15) is 0 Å². The molecule has 1 aliphatic heterocycles. The van der Waals surface area contributed by atoms with Crippen LogP contribution in [-0.4, -0.2) is 58.7 Å². The molecule has 2 atom stereocenters. The number of aliphatic hydroxyl groups excluding tert-OH is 1. The molecule has 0 radical (unpaired) electrons. The molecule has 1 aliphatic rings. The summed E-state index contributed by atoms with van der Waals surface area (Å²) >= 11 is 1.31. The van der Waals surface area contributed by atoms with Gasteiger partial charge in [-0.1, -0.05) is 6.07 Å². The second-order valence-corrected chi connectivity index (χ2v) is 5.98. The monoisotopic (exact) mass is 340 g/mol. The van der Waals surface area contributed by atoms with Crippen LogP contribution in [0.1, 0.15) is 24.1 Å². The van der Waals surface area contributed by atoms with Gasteiger partial charge in [0.15, 0.2) is 0 Å². The Labute approximate surface area is 137 Å². The summed E-state index contributed by atoms with van der Waals surface area (Å²) in [6, 6.07) is 3.46. The molecule has 1 fully saturated rings. The molecule has 0 spiro atoms. The Kier molecular flexibility index (Phi) is 6.28. The first-order valence-electron chi connectivity index (χ1n) is 7.06. The molecule has 124 valence electrons. The lowest BCUT2D eigenvalue weighted by Crippen LogP contribution is -2.54. The summed E-state index contributed by atoms with van der Waals surface area (Å²) in [5.41, 5.74) is 0.0855. The first-order chi connectivity index (χ1) is 11.0. The number of nitrogens with one attached hydrogen (secondary N) is 1. The van der Waals surface area contributed by atoms with Gasteiger partial charge in [0, 0.05) is 0 Å². The van der Waals surface area contributed by atoms with Gasteiger partial charge in [0.05, 0.1) is 23.3 Å². The van der Waals surface area contributed by atoms with Crippen molar-refractivity contribution in [2.45, 2.75) is 31.3 Å². The highest BCUT2D eigenvalue weighted by atomic mass is 32.1. The minimum Gasteiger partial charge on any atom is -0.481 e. The molecule has 1 amide bonds. The highest BCUT2D eigenvalue weighted by molar-refractivity contribution is 7.13. The van der Waals surface area contributed by atoms with Crippen molar-refractivity contribution in [3.8, 4) is 0 Å². The van der Waals surface area contributed by atoms with Gasteiger partial charge >= 0.3 is 13.1 Å². The fourth-order valence-corrected chi connectivity index (χ4v) is 3.07. The maximum absolute atomic E-state index is 12.3. The largest absolute Gasteiger partial charge is 0.481 e. The van der Waals surface area contributed by atoms with Crippen molar-refractivity contribution in [1.29, 1.82) is 0 Å². The van der Waals surface area contributed by atoms with E-state index in [0.29, 0.717) is 17.7 Å². The van der Waals surface area contributed by atoms with E-state index < -0.39 is 37.8 Å². The second kappa shape index (κ2) is 8.20. The van der Waals surface area contributed by atoms with Crippen molar-refractivity contribution in [2.24, 2.45) is 4.99 Å². The number of hydrogen-bond donors (Lipinski definition) is 4. The van der Waals surface area contributed by atoms with Crippen LogP contribution in [0.4, 0.5) is 0 Å². The number of hydrogen-bond acceptors (Lipinski definition) is 7. The molecule has 2 rings (SSSR count). The lowest BCUT2D eigenvalue weighted by Gasteiger charge is -2.30. The summed E-state index contributed by atoms with van der Waals surface area (Å²) in [5.74, 6) is -2.18. The average Bonchev–Trinajstić information content (AvgIpc) is 3.00. The Morgan fingerprint density at radius 2 is 2.26 bits per heavy atom. The fourth-order valence-electron chi connectivity index (χ4n) is 2.34. The van der Waals surface area contributed by atoms with Crippen LogP contribution in [0.15, 0.2) is 22.5 Å². The van der Waals surface area contributed by atoms with E-state index in [2.05, 4.69) is 10.3 Å². The van der Waals surface area contributed by atoms with E-state index in [1.807, 2.05) is 0 Å². The molecule has 2 heterocycles. The molecular formula is C13H17BN2O6S. The minimum absolute atomic E-state index is 0.0855. The summed E-state index contributed by atoms with van der Waals surface area (Å²) in [4.78, 5) is 27.3. The summed E-state index contributed by atoms with van der Waals surface area (Å²) in [6.45, 7) is -0.523. The third kappa shape index (κ3) is 4.86. The second-order valence-electron chi connectivity index (χ2n) is 5.03. The van der Waals surface area contributed by atoms with Crippen LogP contribution in [0, 0.1) is 0 Å². The van der Waals surface area contributed by atoms with E-state index in [1.165, 1.54) is 11.3 Å². The van der Waals surface area contributed by atoms with Crippen molar-refractivity contribution < 1.29 is 29.5 Å². The number of thiophene rings is 1. The number of aliphatic imine (C=N–C) groups is 1. The average molecular weight is 340 g/mol. The molecular weight excluding hydrogens is 323 g/mol. The number of rotatable bonds is 6. The van der Waals surface area contributed by atoms with Crippen molar-refractivity contribution in [1.82, 2.24) is 5.32 Å². The van der Waals surface area contributed by atoms with Crippen molar-refractivity contribution >= 4 is 36.0 Å². The van der Waals surface area contributed by atoms with Gasteiger partial charge in [0.25, 0.3) is 5.91 Å². The molecule has 0 saturated carbocycles. The summed E-state index contributed by atoms with van der Waals surface area (Å²) in [7, 11) is -1.28. The third-order valence-corrected chi connectivity index (χ3v) is 4.27. The molecule has 0 bridgehead atoms. The molecule has 1 aromatic heterocycles. The van der Waals surface area contributed by atoms with Gasteiger partial charge in [-0.25, -0.2) is 0 Å². The lowest BCUT2D eigenvalue weighted by molar-refractivity contribution is -0.139. The molecule has 0 aromatic carbocycles. The van der Waals surface area contributed by atoms with Crippen LogP contribution in [0.3, 0.4) is 0 Å². The molecule has 0 unspecified atom stereocenters. The topological polar surface area (TPSA) is 128 Å². The van der Waals surface area contributed by atoms with Gasteiger partial charge < -0.3 is 25.2 Å². The van der Waals surface area contributed by atoms with E-state index in [1.54, 1.807) is 17.5 Å². The van der Waals surface area contributed by atoms with E-state index in [9.17, 15) is 14.6 Å². The van der Waals surface area contributed by atoms with Crippen LogP contribution in [0.2, 0.25) is 0 Å². The van der Waals surface area contributed by atoms with Crippen LogP contribution < -0.4 is 5.32 Å².